The van der Waals surface area contributed by atoms with Crippen molar-refractivity contribution in [2.24, 2.45) is 0 Å². The van der Waals surface area contributed by atoms with Crippen LogP contribution in [0.4, 0.5) is 0 Å². The second-order valence-electron chi connectivity index (χ2n) is 5.16. The molecule has 0 aromatic heterocycles. The first-order chi connectivity index (χ1) is 8.57. The molecule has 1 aliphatic heterocycles. The molecule has 0 radical (unpaired) electrons. The summed E-state index contributed by atoms with van der Waals surface area (Å²) in [7, 11) is 0. The number of hydrogen-bond acceptors (Lipinski definition) is 3. The van der Waals surface area contributed by atoms with Gasteiger partial charge < -0.3 is 9.47 Å². The molecule has 1 heterocycles. The van der Waals surface area contributed by atoms with Crippen LogP contribution in [0.1, 0.15) is 13.8 Å². The van der Waals surface area contributed by atoms with E-state index >= 15 is 0 Å². The molecule has 1 aromatic rings. The highest BCUT2D eigenvalue weighted by Gasteiger charge is 2.26. The van der Waals surface area contributed by atoms with Crippen molar-refractivity contribution in [1.29, 1.82) is 0 Å². The fourth-order valence-electron chi connectivity index (χ4n) is 2.15. The first-order valence-electron chi connectivity index (χ1n) is 6.30. The summed E-state index contributed by atoms with van der Waals surface area (Å²) in [5.41, 5.74) is -0.0529. The number of para-hydroxylation sites is 1. The molecule has 0 aliphatic carbocycles. The summed E-state index contributed by atoms with van der Waals surface area (Å²) in [5.74, 6) is 0.756. The first kappa shape index (κ1) is 13.7. The van der Waals surface area contributed by atoms with E-state index in [1.807, 2.05) is 24.3 Å². The molecule has 1 aliphatic rings. The van der Waals surface area contributed by atoms with E-state index in [4.69, 9.17) is 21.1 Å². The van der Waals surface area contributed by atoms with Gasteiger partial charge in [-0.3, -0.25) is 4.90 Å². The van der Waals surface area contributed by atoms with Crippen molar-refractivity contribution in [2.45, 2.75) is 19.4 Å². The van der Waals surface area contributed by atoms with Gasteiger partial charge in [-0.2, -0.15) is 0 Å². The predicted molar refractivity (Wildman–Crippen MR) is 73.4 cm³/mol. The van der Waals surface area contributed by atoms with Gasteiger partial charge in [0.1, 0.15) is 12.4 Å². The minimum Gasteiger partial charge on any atom is -0.491 e. The van der Waals surface area contributed by atoms with Crippen LogP contribution in [0.3, 0.4) is 0 Å². The fraction of sp³-hybridized carbons (Fsp3) is 0.571. The lowest BCUT2D eigenvalue weighted by Crippen LogP contribution is -2.49. The lowest BCUT2D eigenvalue weighted by Gasteiger charge is -2.38. The fourth-order valence-corrected chi connectivity index (χ4v) is 2.34. The summed E-state index contributed by atoms with van der Waals surface area (Å²) in [4.78, 5) is 2.36. The normalized spacial score (nSPS) is 19.7. The van der Waals surface area contributed by atoms with E-state index in [-0.39, 0.29) is 5.60 Å². The van der Waals surface area contributed by atoms with E-state index in [1.54, 1.807) is 0 Å². The molecule has 0 spiro atoms. The summed E-state index contributed by atoms with van der Waals surface area (Å²) in [5, 5.41) is 0.666. The van der Waals surface area contributed by atoms with Crippen molar-refractivity contribution in [3.63, 3.8) is 0 Å². The van der Waals surface area contributed by atoms with Gasteiger partial charge in [0.15, 0.2) is 0 Å². The van der Waals surface area contributed by atoms with Gasteiger partial charge in [0, 0.05) is 19.6 Å². The van der Waals surface area contributed by atoms with Crippen LogP contribution < -0.4 is 4.74 Å². The standard InChI is InChI=1S/C14H20ClNO2/c1-14(2)11-16(8-10-18-14)7-9-17-13-6-4-3-5-12(13)15/h3-6H,7-11H2,1-2H3. The van der Waals surface area contributed by atoms with Crippen molar-refractivity contribution in [1.82, 2.24) is 4.90 Å². The Morgan fingerprint density at radius 3 is 2.89 bits per heavy atom. The summed E-state index contributed by atoms with van der Waals surface area (Å²) in [6.45, 7) is 8.49. The number of benzene rings is 1. The van der Waals surface area contributed by atoms with Gasteiger partial charge in [0.25, 0.3) is 0 Å². The monoisotopic (exact) mass is 269 g/mol. The largest absolute Gasteiger partial charge is 0.491 e. The number of morpholine rings is 1. The van der Waals surface area contributed by atoms with Crippen LogP contribution in [-0.2, 0) is 4.74 Å². The van der Waals surface area contributed by atoms with Gasteiger partial charge in [0.05, 0.1) is 17.2 Å². The molecule has 0 N–H and O–H groups in total. The molecule has 0 amide bonds. The molecular formula is C14H20ClNO2. The molecule has 0 unspecified atom stereocenters. The zero-order valence-electron chi connectivity index (χ0n) is 11.0. The third-order valence-corrected chi connectivity index (χ3v) is 3.32. The maximum atomic E-state index is 6.03. The maximum Gasteiger partial charge on any atom is 0.137 e. The Labute approximate surface area is 114 Å². The summed E-state index contributed by atoms with van der Waals surface area (Å²) in [6, 6.07) is 7.57. The van der Waals surface area contributed by atoms with Crippen LogP contribution in [0.25, 0.3) is 0 Å². The molecule has 0 atom stereocenters. The Morgan fingerprint density at radius 1 is 1.39 bits per heavy atom. The van der Waals surface area contributed by atoms with E-state index < -0.39 is 0 Å². The Kier molecular flexibility index (Phi) is 4.49. The van der Waals surface area contributed by atoms with Crippen LogP contribution in [0.2, 0.25) is 5.02 Å². The minimum absolute atomic E-state index is 0.0529. The van der Waals surface area contributed by atoms with E-state index in [2.05, 4.69) is 18.7 Å². The molecule has 4 heteroatoms. The molecule has 1 saturated heterocycles. The first-order valence-corrected chi connectivity index (χ1v) is 6.68. The number of ether oxygens (including phenoxy) is 2. The van der Waals surface area contributed by atoms with E-state index in [0.717, 1.165) is 32.0 Å². The second kappa shape index (κ2) is 5.91. The van der Waals surface area contributed by atoms with Gasteiger partial charge in [-0.15, -0.1) is 0 Å². The Hall–Kier alpha value is -0.770. The van der Waals surface area contributed by atoms with E-state index in [1.165, 1.54) is 0 Å². The number of halogens is 1. The lowest BCUT2D eigenvalue weighted by atomic mass is 10.1. The second-order valence-corrected chi connectivity index (χ2v) is 5.57. The molecule has 18 heavy (non-hydrogen) atoms. The van der Waals surface area contributed by atoms with Crippen LogP contribution in [0, 0.1) is 0 Å². The topological polar surface area (TPSA) is 21.7 Å². The lowest BCUT2D eigenvalue weighted by molar-refractivity contribution is -0.0875. The third kappa shape index (κ3) is 3.87. The smallest absolute Gasteiger partial charge is 0.137 e. The van der Waals surface area contributed by atoms with Crippen LogP contribution in [0.15, 0.2) is 24.3 Å². The highest BCUT2D eigenvalue weighted by Crippen LogP contribution is 2.23. The van der Waals surface area contributed by atoms with Gasteiger partial charge in [-0.1, -0.05) is 23.7 Å². The van der Waals surface area contributed by atoms with Crippen molar-refractivity contribution in [2.75, 3.05) is 32.8 Å². The molecular weight excluding hydrogens is 250 g/mol. The molecule has 0 bridgehead atoms. The quantitative estimate of drug-likeness (QED) is 0.839. The number of nitrogens with zero attached hydrogens (tertiary/aromatic N) is 1. The summed E-state index contributed by atoms with van der Waals surface area (Å²) in [6.07, 6.45) is 0. The summed E-state index contributed by atoms with van der Waals surface area (Å²) >= 11 is 6.03. The van der Waals surface area contributed by atoms with Crippen molar-refractivity contribution >= 4 is 11.6 Å². The molecule has 2 rings (SSSR count). The van der Waals surface area contributed by atoms with Crippen molar-refractivity contribution in [3.05, 3.63) is 29.3 Å². The van der Waals surface area contributed by atoms with Crippen molar-refractivity contribution < 1.29 is 9.47 Å². The summed E-state index contributed by atoms with van der Waals surface area (Å²) < 4.78 is 11.4. The highest BCUT2D eigenvalue weighted by atomic mass is 35.5. The van der Waals surface area contributed by atoms with Crippen LogP contribution in [0.5, 0.6) is 5.75 Å². The molecule has 0 saturated carbocycles. The third-order valence-electron chi connectivity index (χ3n) is 3.01. The van der Waals surface area contributed by atoms with Crippen molar-refractivity contribution in [3.8, 4) is 5.75 Å². The predicted octanol–water partition coefficient (Wildman–Crippen LogP) is 2.83. The zero-order chi connectivity index (χ0) is 13.0. The average molecular weight is 270 g/mol. The average Bonchev–Trinajstić information content (AvgIpc) is 2.30. The number of hydrogen-bond donors (Lipinski definition) is 0. The Bertz CT molecular complexity index is 395. The maximum absolute atomic E-state index is 6.03. The SMILES string of the molecule is CC1(C)CN(CCOc2ccccc2Cl)CCO1. The molecule has 3 nitrogen and oxygen atoms in total. The van der Waals surface area contributed by atoms with Crippen LogP contribution >= 0.6 is 11.6 Å². The molecule has 1 fully saturated rings. The Morgan fingerprint density at radius 2 is 2.17 bits per heavy atom. The van der Waals surface area contributed by atoms with Crippen LogP contribution in [-0.4, -0.2) is 43.3 Å². The highest BCUT2D eigenvalue weighted by molar-refractivity contribution is 6.32. The van der Waals surface area contributed by atoms with E-state index in [0.29, 0.717) is 11.6 Å². The van der Waals surface area contributed by atoms with E-state index in [9.17, 15) is 0 Å². The number of rotatable bonds is 4. The molecule has 1 aromatic carbocycles. The van der Waals surface area contributed by atoms with Gasteiger partial charge in [0.2, 0.25) is 0 Å². The molecule has 100 valence electrons. The van der Waals surface area contributed by atoms with Gasteiger partial charge >= 0.3 is 0 Å². The van der Waals surface area contributed by atoms with Gasteiger partial charge in [-0.05, 0) is 26.0 Å². The van der Waals surface area contributed by atoms with Gasteiger partial charge in [-0.25, -0.2) is 0 Å². The zero-order valence-corrected chi connectivity index (χ0v) is 11.7. The minimum atomic E-state index is -0.0529. The Balaban J connectivity index is 1.77.